The standard InChI is InChI=1S/C24H29F3N4O/c25-24(26,27)21-14-19(16-8-3-1-4-9-16)29-22-18(15-28-31(21)22)23(32)30-13-7-12-20(30)17-10-5-2-6-11-17/h1,3-4,8-9,15,17,19-21,29H,2,5-7,10-14H2. The molecule has 1 aliphatic carbocycles. The topological polar surface area (TPSA) is 50.2 Å². The van der Waals surface area contributed by atoms with Crippen molar-refractivity contribution in [1.29, 1.82) is 0 Å². The Balaban J connectivity index is 1.46. The number of anilines is 1. The third-order valence-corrected chi connectivity index (χ3v) is 7.42. The maximum Gasteiger partial charge on any atom is 0.410 e. The van der Waals surface area contributed by atoms with Crippen molar-refractivity contribution in [3.8, 4) is 0 Å². The van der Waals surface area contributed by atoms with Gasteiger partial charge in [-0.15, -0.1) is 0 Å². The van der Waals surface area contributed by atoms with Crippen LogP contribution in [0.5, 0.6) is 0 Å². The minimum absolute atomic E-state index is 0.162. The average molecular weight is 447 g/mol. The van der Waals surface area contributed by atoms with Crippen LogP contribution in [-0.2, 0) is 0 Å². The van der Waals surface area contributed by atoms with Crippen LogP contribution >= 0.6 is 0 Å². The predicted molar refractivity (Wildman–Crippen MR) is 115 cm³/mol. The van der Waals surface area contributed by atoms with Crippen molar-refractivity contribution in [2.45, 2.75) is 75.7 Å². The van der Waals surface area contributed by atoms with Gasteiger partial charge in [-0.1, -0.05) is 49.6 Å². The van der Waals surface area contributed by atoms with E-state index in [1.165, 1.54) is 25.5 Å². The van der Waals surface area contributed by atoms with Gasteiger partial charge in [0, 0.05) is 19.0 Å². The molecule has 1 aromatic carbocycles. The van der Waals surface area contributed by atoms with Crippen LogP contribution in [0.1, 0.15) is 79.4 Å². The Labute approximate surface area is 186 Å². The lowest BCUT2D eigenvalue weighted by Gasteiger charge is -2.36. The summed E-state index contributed by atoms with van der Waals surface area (Å²) in [5.74, 6) is 0.489. The first-order valence-corrected chi connectivity index (χ1v) is 11.7. The van der Waals surface area contributed by atoms with Gasteiger partial charge in [0.1, 0.15) is 11.4 Å². The fourth-order valence-corrected chi connectivity index (χ4v) is 5.83. The molecule has 0 bridgehead atoms. The molecule has 8 heteroatoms. The van der Waals surface area contributed by atoms with E-state index in [4.69, 9.17) is 0 Å². The fraction of sp³-hybridized carbons (Fsp3) is 0.583. The van der Waals surface area contributed by atoms with Crippen LogP contribution in [0.3, 0.4) is 0 Å². The minimum atomic E-state index is -4.45. The monoisotopic (exact) mass is 446 g/mol. The molecule has 3 unspecified atom stereocenters. The van der Waals surface area contributed by atoms with Gasteiger partial charge in [0.05, 0.1) is 12.2 Å². The predicted octanol–water partition coefficient (Wildman–Crippen LogP) is 5.73. The molecule has 2 aliphatic heterocycles. The summed E-state index contributed by atoms with van der Waals surface area (Å²) in [4.78, 5) is 15.5. The quantitative estimate of drug-likeness (QED) is 0.655. The average Bonchev–Trinajstić information content (AvgIpc) is 3.46. The second-order valence-electron chi connectivity index (χ2n) is 9.36. The van der Waals surface area contributed by atoms with Crippen LogP contribution in [0.25, 0.3) is 0 Å². The van der Waals surface area contributed by atoms with E-state index in [1.807, 2.05) is 35.2 Å². The Kier molecular flexibility index (Phi) is 5.63. The van der Waals surface area contributed by atoms with E-state index in [-0.39, 0.29) is 29.8 Å². The molecule has 3 heterocycles. The molecule has 0 radical (unpaired) electrons. The van der Waals surface area contributed by atoms with Crippen LogP contribution in [0.4, 0.5) is 19.0 Å². The molecule has 32 heavy (non-hydrogen) atoms. The Morgan fingerprint density at radius 3 is 2.50 bits per heavy atom. The number of nitrogens with zero attached hydrogens (tertiary/aromatic N) is 3. The van der Waals surface area contributed by atoms with Gasteiger partial charge in [0.15, 0.2) is 6.04 Å². The summed E-state index contributed by atoms with van der Waals surface area (Å²) in [6.45, 7) is 0.662. The van der Waals surface area contributed by atoms with Gasteiger partial charge in [-0.25, -0.2) is 4.68 Å². The van der Waals surface area contributed by atoms with E-state index in [0.29, 0.717) is 12.5 Å². The van der Waals surface area contributed by atoms with Crippen LogP contribution in [0.2, 0.25) is 0 Å². The van der Waals surface area contributed by atoms with E-state index in [2.05, 4.69) is 10.4 Å². The lowest BCUT2D eigenvalue weighted by molar-refractivity contribution is -0.173. The van der Waals surface area contributed by atoms with Crippen LogP contribution in [0, 0.1) is 5.92 Å². The van der Waals surface area contributed by atoms with Gasteiger partial charge in [-0.2, -0.15) is 18.3 Å². The van der Waals surface area contributed by atoms with Gasteiger partial charge in [-0.3, -0.25) is 4.79 Å². The van der Waals surface area contributed by atoms with Crippen molar-refractivity contribution < 1.29 is 18.0 Å². The molecule has 1 saturated carbocycles. The van der Waals surface area contributed by atoms with E-state index in [1.54, 1.807) is 0 Å². The van der Waals surface area contributed by atoms with Crippen LogP contribution in [-0.4, -0.2) is 39.4 Å². The number of benzene rings is 1. The first-order chi connectivity index (χ1) is 15.4. The molecule has 2 fully saturated rings. The van der Waals surface area contributed by atoms with E-state index < -0.39 is 18.3 Å². The number of fused-ring (bicyclic) bond motifs is 1. The molecule has 1 aromatic heterocycles. The SMILES string of the molecule is O=C(c1cnn2c1NC(c1ccccc1)CC2C(F)(F)F)N1CCCC1C1CCCCC1. The number of carbonyl (C=O) groups excluding carboxylic acids is 1. The third kappa shape index (κ3) is 3.88. The molecule has 5 nitrogen and oxygen atoms in total. The zero-order valence-corrected chi connectivity index (χ0v) is 18.0. The number of alkyl halides is 3. The molecule has 1 saturated heterocycles. The second-order valence-corrected chi connectivity index (χ2v) is 9.36. The second kappa shape index (κ2) is 8.45. The number of amides is 1. The van der Waals surface area contributed by atoms with Crippen molar-refractivity contribution in [3.63, 3.8) is 0 Å². The molecule has 172 valence electrons. The lowest BCUT2D eigenvalue weighted by Crippen LogP contribution is -2.41. The van der Waals surface area contributed by atoms with Gasteiger partial charge in [-0.05, 0) is 37.2 Å². The first-order valence-electron chi connectivity index (χ1n) is 11.7. The van der Waals surface area contributed by atoms with Crippen molar-refractivity contribution in [3.05, 3.63) is 47.7 Å². The van der Waals surface area contributed by atoms with E-state index >= 15 is 0 Å². The zero-order valence-electron chi connectivity index (χ0n) is 18.0. The number of carbonyl (C=O) groups is 1. The molecular weight excluding hydrogens is 417 g/mol. The fourth-order valence-electron chi connectivity index (χ4n) is 5.83. The summed E-state index contributed by atoms with van der Waals surface area (Å²) in [5, 5.41) is 7.27. The highest BCUT2D eigenvalue weighted by molar-refractivity contribution is 5.99. The first kappa shape index (κ1) is 21.3. The molecule has 3 atom stereocenters. The number of likely N-dealkylation sites (tertiary alicyclic amines) is 1. The highest BCUT2D eigenvalue weighted by Gasteiger charge is 2.48. The van der Waals surface area contributed by atoms with Crippen molar-refractivity contribution in [1.82, 2.24) is 14.7 Å². The van der Waals surface area contributed by atoms with Gasteiger partial charge < -0.3 is 10.2 Å². The van der Waals surface area contributed by atoms with E-state index in [9.17, 15) is 18.0 Å². The number of halogens is 3. The Morgan fingerprint density at radius 1 is 1.03 bits per heavy atom. The van der Waals surface area contributed by atoms with Crippen LogP contribution < -0.4 is 5.32 Å². The number of rotatable bonds is 3. The normalized spacial score (nSPS) is 26.6. The molecular formula is C24H29F3N4O. The van der Waals surface area contributed by atoms with Crippen molar-refractivity contribution in [2.75, 3.05) is 11.9 Å². The maximum absolute atomic E-state index is 13.9. The van der Waals surface area contributed by atoms with Gasteiger partial charge in [0.25, 0.3) is 5.91 Å². The largest absolute Gasteiger partial charge is 0.410 e. The number of aromatic nitrogens is 2. The van der Waals surface area contributed by atoms with Gasteiger partial charge >= 0.3 is 6.18 Å². The number of hydrogen-bond donors (Lipinski definition) is 1. The summed E-state index contributed by atoms with van der Waals surface area (Å²) < 4.78 is 42.8. The Morgan fingerprint density at radius 2 is 1.78 bits per heavy atom. The number of hydrogen-bond acceptors (Lipinski definition) is 3. The van der Waals surface area contributed by atoms with E-state index in [0.717, 1.165) is 35.9 Å². The van der Waals surface area contributed by atoms with Crippen LogP contribution in [0.15, 0.2) is 36.5 Å². The summed E-state index contributed by atoms with van der Waals surface area (Å²) in [7, 11) is 0. The highest BCUT2D eigenvalue weighted by atomic mass is 19.4. The maximum atomic E-state index is 13.9. The molecule has 3 aliphatic rings. The summed E-state index contributed by atoms with van der Waals surface area (Å²) in [5.41, 5.74) is 1.02. The Bertz CT molecular complexity index is 952. The minimum Gasteiger partial charge on any atom is -0.363 e. The number of nitrogens with one attached hydrogen (secondary N) is 1. The molecule has 0 spiro atoms. The van der Waals surface area contributed by atoms with Gasteiger partial charge in [0.2, 0.25) is 0 Å². The molecule has 2 aromatic rings. The molecule has 1 amide bonds. The smallest absolute Gasteiger partial charge is 0.363 e. The van der Waals surface area contributed by atoms with Crippen molar-refractivity contribution in [2.24, 2.45) is 5.92 Å². The lowest BCUT2D eigenvalue weighted by atomic mass is 9.83. The van der Waals surface area contributed by atoms with Crippen molar-refractivity contribution >= 4 is 11.7 Å². The highest BCUT2D eigenvalue weighted by Crippen LogP contribution is 2.45. The molecule has 5 rings (SSSR count). The third-order valence-electron chi connectivity index (χ3n) is 7.42. The molecule has 1 N–H and O–H groups in total. The zero-order chi connectivity index (χ0) is 22.3. The Hall–Kier alpha value is -2.51. The summed E-state index contributed by atoms with van der Waals surface area (Å²) in [6, 6.07) is 6.99. The summed E-state index contributed by atoms with van der Waals surface area (Å²) in [6.07, 6.45) is 4.53. The summed E-state index contributed by atoms with van der Waals surface area (Å²) >= 11 is 0.